The molecule has 3 nitrogen and oxygen atoms in total. The second-order valence-electron chi connectivity index (χ2n) is 5.26. The molecule has 4 heteroatoms. The third kappa shape index (κ3) is 5.57. The van der Waals surface area contributed by atoms with Crippen molar-refractivity contribution >= 4 is 22.9 Å². The van der Waals surface area contributed by atoms with Gasteiger partial charge in [0, 0.05) is 11.3 Å². The molecule has 0 spiro atoms. The third-order valence-electron chi connectivity index (χ3n) is 3.48. The molecule has 0 fully saturated rings. The molecule has 2 rings (SSSR count). The minimum atomic E-state index is 0.685. The first kappa shape index (κ1) is 17.3. The van der Waals surface area contributed by atoms with Crippen LogP contribution in [0.2, 0.25) is 0 Å². The Morgan fingerprint density at radius 2 is 1.61 bits per heavy atom. The number of nitrogens with one attached hydrogen (secondary N) is 1. The molecule has 23 heavy (non-hydrogen) atoms. The maximum atomic E-state index is 5.70. The minimum Gasteiger partial charge on any atom is -0.497 e. The van der Waals surface area contributed by atoms with E-state index in [1.54, 1.807) is 7.11 Å². The highest BCUT2D eigenvalue weighted by molar-refractivity contribution is 7.81. The van der Waals surface area contributed by atoms with Crippen LogP contribution in [0.1, 0.15) is 31.7 Å². The van der Waals surface area contributed by atoms with Crippen LogP contribution in [0, 0.1) is 0 Å². The minimum absolute atomic E-state index is 0.685. The quantitative estimate of drug-likeness (QED) is 0.542. The summed E-state index contributed by atoms with van der Waals surface area (Å²) in [5, 5.41) is 3.23. The van der Waals surface area contributed by atoms with Crippen LogP contribution in [0.25, 0.3) is 0 Å². The first-order valence-corrected chi connectivity index (χ1v) is 8.32. The maximum absolute atomic E-state index is 5.70. The average Bonchev–Trinajstić information content (AvgIpc) is 2.60. The fourth-order valence-electron chi connectivity index (χ4n) is 2.12. The van der Waals surface area contributed by atoms with Crippen molar-refractivity contribution in [3.8, 4) is 11.5 Å². The number of unbranched alkanes of at least 4 members (excludes halogenated alkanes) is 2. The Hall–Kier alpha value is -2.07. The number of anilines is 1. The van der Waals surface area contributed by atoms with Gasteiger partial charge in [0.25, 0.3) is 0 Å². The topological polar surface area (TPSA) is 30.5 Å². The Kier molecular flexibility index (Phi) is 6.88. The van der Waals surface area contributed by atoms with Crippen molar-refractivity contribution in [3.63, 3.8) is 0 Å². The predicted octanol–water partition coefficient (Wildman–Crippen LogP) is 5.05. The molecule has 0 aliphatic heterocycles. The van der Waals surface area contributed by atoms with Crippen LogP contribution in [0.4, 0.5) is 5.69 Å². The predicted molar refractivity (Wildman–Crippen MR) is 99.8 cm³/mol. The maximum Gasteiger partial charge on any atom is 0.119 e. The number of hydrogen-bond acceptors (Lipinski definition) is 3. The monoisotopic (exact) mass is 329 g/mol. The van der Waals surface area contributed by atoms with Crippen molar-refractivity contribution in [2.45, 2.75) is 26.2 Å². The van der Waals surface area contributed by atoms with Crippen molar-refractivity contribution in [3.05, 3.63) is 54.1 Å². The summed E-state index contributed by atoms with van der Waals surface area (Å²) in [6, 6.07) is 15.6. The molecule has 1 N–H and O–H groups in total. The van der Waals surface area contributed by atoms with Gasteiger partial charge in [-0.1, -0.05) is 32.0 Å². The van der Waals surface area contributed by atoms with Gasteiger partial charge in [-0.15, -0.1) is 0 Å². The van der Waals surface area contributed by atoms with Gasteiger partial charge in [-0.25, -0.2) is 0 Å². The van der Waals surface area contributed by atoms with Crippen molar-refractivity contribution in [1.82, 2.24) is 0 Å². The molecule has 0 heterocycles. The SMILES string of the molecule is CCCCCOc1ccc(NC(=S)c2ccc(OC)cc2)cc1. The summed E-state index contributed by atoms with van der Waals surface area (Å²) in [6.45, 7) is 2.96. The van der Waals surface area contributed by atoms with Gasteiger partial charge in [-0.05, 0) is 55.0 Å². The molecule has 0 saturated heterocycles. The highest BCUT2D eigenvalue weighted by Crippen LogP contribution is 2.18. The number of ether oxygens (including phenoxy) is 2. The molecule has 0 atom stereocenters. The Morgan fingerprint density at radius 3 is 2.22 bits per heavy atom. The lowest BCUT2D eigenvalue weighted by atomic mass is 10.2. The van der Waals surface area contributed by atoms with E-state index in [1.807, 2.05) is 48.5 Å². The van der Waals surface area contributed by atoms with Crippen molar-refractivity contribution < 1.29 is 9.47 Å². The number of benzene rings is 2. The van der Waals surface area contributed by atoms with Gasteiger partial charge in [-0.2, -0.15) is 0 Å². The number of thiocarbonyl (C=S) groups is 1. The molecule has 0 amide bonds. The molecule has 2 aromatic rings. The summed E-state index contributed by atoms with van der Waals surface area (Å²) in [7, 11) is 1.65. The summed E-state index contributed by atoms with van der Waals surface area (Å²) in [6.07, 6.45) is 3.50. The Balaban J connectivity index is 1.88. The zero-order valence-corrected chi connectivity index (χ0v) is 14.5. The molecular formula is C19H23NO2S. The van der Waals surface area contributed by atoms with E-state index in [2.05, 4.69) is 12.2 Å². The molecule has 0 saturated carbocycles. The van der Waals surface area contributed by atoms with Gasteiger partial charge in [0.05, 0.1) is 13.7 Å². The van der Waals surface area contributed by atoms with Gasteiger partial charge in [-0.3, -0.25) is 0 Å². The zero-order valence-electron chi connectivity index (χ0n) is 13.7. The van der Waals surface area contributed by atoms with E-state index >= 15 is 0 Å². The van der Waals surface area contributed by atoms with Crippen molar-refractivity contribution in [1.29, 1.82) is 0 Å². The number of hydrogen-bond donors (Lipinski definition) is 1. The van der Waals surface area contributed by atoms with E-state index in [0.29, 0.717) is 4.99 Å². The van der Waals surface area contributed by atoms with Crippen LogP contribution in [0.3, 0.4) is 0 Å². The van der Waals surface area contributed by atoms with E-state index in [-0.39, 0.29) is 0 Å². The fourth-order valence-corrected chi connectivity index (χ4v) is 2.38. The van der Waals surface area contributed by atoms with E-state index in [1.165, 1.54) is 12.8 Å². The van der Waals surface area contributed by atoms with Crippen LogP contribution in [0.5, 0.6) is 11.5 Å². The largest absolute Gasteiger partial charge is 0.497 e. The standard InChI is InChI=1S/C19H23NO2S/c1-3-4-5-14-22-18-12-8-16(9-13-18)20-19(23)15-6-10-17(21-2)11-7-15/h6-13H,3-5,14H2,1-2H3,(H,20,23). The summed E-state index contributed by atoms with van der Waals surface area (Å²) in [5.41, 5.74) is 1.91. The van der Waals surface area contributed by atoms with Gasteiger partial charge < -0.3 is 14.8 Å². The second kappa shape index (κ2) is 9.16. The fraction of sp³-hybridized carbons (Fsp3) is 0.316. The second-order valence-corrected chi connectivity index (χ2v) is 5.67. The van der Waals surface area contributed by atoms with Gasteiger partial charge in [0.1, 0.15) is 16.5 Å². The Labute approximate surface area is 143 Å². The van der Waals surface area contributed by atoms with Gasteiger partial charge in [0.15, 0.2) is 0 Å². The number of methoxy groups -OCH3 is 1. The molecule has 2 aromatic carbocycles. The molecule has 0 unspecified atom stereocenters. The lowest BCUT2D eigenvalue weighted by Gasteiger charge is -2.10. The molecule has 0 aliphatic rings. The molecule has 0 aromatic heterocycles. The normalized spacial score (nSPS) is 10.2. The summed E-state index contributed by atoms with van der Waals surface area (Å²) < 4.78 is 10.9. The smallest absolute Gasteiger partial charge is 0.119 e. The highest BCUT2D eigenvalue weighted by Gasteiger charge is 2.03. The lowest BCUT2D eigenvalue weighted by molar-refractivity contribution is 0.306. The first-order valence-electron chi connectivity index (χ1n) is 7.91. The molecular weight excluding hydrogens is 306 g/mol. The molecule has 0 bridgehead atoms. The molecule has 122 valence electrons. The van der Waals surface area contributed by atoms with Crippen molar-refractivity contribution in [2.24, 2.45) is 0 Å². The van der Waals surface area contributed by atoms with Crippen molar-refractivity contribution in [2.75, 3.05) is 19.0 Å². The summed E-state index contributed by atoms with van der Waals surface area (Å²) >= 11 is 5.43. The third-order valence-corrected chi connectivity index (χ3v) is 3.82. The zero-order chi connectivity index (χ0) is 16.5. The lowest BCUT2D eigenvalue weighted by Crippen LogP contribution is -2.10. The average molecular weight is 329 g/mol. The van der Waals surface area contributed by atoms with Crippen LogP contribution in [-0.2, 0) is 0 Å². The van der Waals surface area contributed by atoms with Crippen LogP contribution in [-0.4, -0.2) is 18.7 Å². The summed E-state index contributed by atoms with van der Waals surface area (Å²) in [5.74, 6) is 1.71. The van der Waals surface area contributed by atoms with Crippen LogP contribution in [0.15, 0.2) is 48.5 Å². The van der Waals surface area contributed by atoms with Gasteiger partial charge in [0.2, 0.25) is 0 Å². The molecule has 0 aliphatic carbocycles. The van der Waals surface area contributed by atoms with E-state index in [0.717, 1.165) is 35.8 Å². The Morgan fingerprint density at radius 1 is 0.957 bits per heavy atom. The highest BCUT2D eigenvalue weighted by atomic mass is 32.1. The van der Waals surface area contributed by atoms with E-state index in [9.17, 15) is 0 Å². The van der Waals surface area contributed by atoms with Gasteiger partial charge >= 0.3 is 0 Å². The van der Waals surface area contributed by atoms with E-state index in [4.69, 9.17) is 21.7 Å². The van der Waals surface area contributed by atoms with Crippen LogP contribution >= 0.6 is 12.2 Å². The Bertz CT molecular complexity index is 608. The summed E-state index contributed by atoms with van der Waals surface area (Å²) in [4.78, 5) is 0.685. The molecule has 0 radical (unpaired) electrons. The van der Waals surface area contributed by atoms with E-state index < -0.39 is 0 Å². The number of rotatable bonds is 8. The van der Waals surface area contributed by atoms with Crippen LogP contribution < -0.4 is 14.8 Å². The first-order chi connectivity index (χ1) is 11.2.